The van der Waals surface area contributed by atoms with E-state index in [1.165, 1.54) is 32.4 Å². The number of aryl methyl sites for hydroxylation is 1. The fourth-order valence-electron chi connectivity index (χ4n) is 2.78. The number of hydrogen-bond acceptors (Lipinski definition) is 4. The van der Waals surface area contributed by atoms with E-state index < -0.39 is 0 Å². The molecule has 0 aliphatic carbocycles. The van der Waals surface area contributed by atoms with Gasteiger partial charge in [0, 0.05) is 27.2 Å². The molecule has 0 aromatic carbocycles. The third-order valence-corrected chi connectivity index (χ3v) is 4.08. The topological polar surface area (TPSA) is 70.4 Å². The second kappa shape index (κ2) is 10.8. The molecule has 2 heterocycles. The van der Waals surface area contributed by atoms with Gasteiger partial charge in [-0.1, -0.05) is 13.3 Å². The molecule has 8 heteroatoms. The fourth-order valence-corrected chi connectivity index (χ4v) is 2.78. The van der Waals surface area contributed by atoms with Crippen LogP contribution in [0.4, 0.5) is 0 Å². The molecule has 0 saturated carbocycles. The molecule has 0 amide bonds. The number of rotatable bonds is 6. The van der Waals surface area contributed by atoms with E-state index in [2.05, 4.69) is 37.5 Å². The molecule has 1 fully saturated rings. The first-order chi connectivity index (χ1) is 10.7. The van der Waals surface area contributed by atoms with E-state index in [1.54, 1.807) is 18.1 Å². The molecule has 132 valence electrons. The monoisotopic (exact) mass is 435 g/mol. The number of nitrogens with zero attached hydrogens (tertiary/aromatic N) is 5. The second-order valence-electron chi connectivity index (χ2n) is 6.07. The molecule has 2 N–H and O–H groups in total. The van der Waals surface area contributed by atoms with Gasteiger partial charge in [-0.15, -0.1) is 24.0 Å². The second-order valence-corrected chi connectivity index (χ2v) is 6.07. The summed E-state index contributed by atoms with van der Waals surface area (Å²) < 4.78 is 1.76. The SMILES string of the molecule is CN=C(NCc1ncnn1C)NCC(C)CN1CCCCC1.I. The van der Waals surface area contributed by atoms with Gasteiger partial charge >= 0.3 is 0 Å². The van der Waals surface area contributed by atoms with Gasteiger partial charge in [0.2, 0.25) is 0 Å². The number of guanidine groups is 1. The predicted molar refractivity (Wildman–Crippen MR) is 104 cm³/mol. The summed E-state index contributed by atoms with van der Waals surface area (Å²) >= 11 is 0. The highest BCUT2D eigenvalue weighted by molar-refractivity contribution is 14.0. The minimum Gasteiger partial charge on any atom is -0.356 e. The average molecular weight is 435 g/mol. The molecular weight excluding hydrogens is 405 g/mol. The summed E-state index contributed by atoms with van der Waals surface area (Å²) in [7, 11) is 3.68. The lowest BCUT2D eigenvalue weighted by molar-refractivity contribution is 0.201. The van der Waals surface area contributed by atoms with Crippen LogP contribution in [-0.2, 0) is 13.6 Å². The minimum absolute atomic E-state index is 0. The Morgan fingerprint density at radius 2 is 2.04 bits per heavy atom. The largest absolute Gasteiger partial charge is 0.356 e. The van der Waals surface area contributed by atoms with E-state index in [0.717, 1.165) is 24.9 Å². The zero-order valence-electron chi connectivity index (χ0n) is 14.5. The summed E-state index contributed by atoms with van der Waals surface area (Å²) in [4.78, 5) is 11.0. The highest BCUT2D eigenvalue weighted by atomic mass is 127. The Morgan fingerprint density at radius 3 is 2.65 bits per heavy atom. The Labute approximate surface area is 156 Å². The molecule has 0 spiro atoms. The van der Waals surface area contributed by atoms with Gasteiger partial charge in [-0.05, 0) is 31.8 Å². The molecule has 1 saturated heterocycles. The van der Waals surface area contributed by atoms with Crippen molar-refractivity contribution in [3.8, 4) is 0 Å². The van der Waals surface area contributed by atoms with Crippen LogP contribution in [-0.4, -0.2) is 58.9 Å². The standard InChI is InChI=1S/C15H29N7.HI/c1-13(11-22-7-5-4-6-8-22)9-17-15(16-2)18-10-14-19-12-20-21(14)3;/h12-13H,4-11H2,1-3H3,(H2,16,17,18);1H. The number of hydrogen-bond donors (Lipinski definition) is 2. The van der Waals surface area contributed by atoms with Gasteiger partial charge in [0.15, 0.2) is 5.96 Å². The highest BCUT2D eigenvalue weighted by Crippen LogP contribution is 2.10. The molecule has 1 atom stereocenters. The summed E-state index contributed by atoms with van der Waals surface area (Å²) in [5.74, 6) is 2.31. The third-order valence-electron chi connectivity index (χ3n) is 4.08. The number of aromatic nitrogens is 3. The van der Waals surface area contributed by atoms with Gasteiger partial charge in [0.1, 0.15) is 12.2 Å². The van der Waals surface area contributed by atoms with E-state index in [1.807, 2.05) is 7.05 Å². The lowest BCUT2D eigenvalue weighted by atomic mass is 10.1. The highest BCUT2D eigenvalue weighted by Gasteiger charge is 2.13. The maximum Gasteiger partial charge on any atom is 0.191 e. The molecule has 23 heavy (non-hydrogen) atoms. The average Bonchev–Trinajstić information content (AvgIpc) is 2.94. The molecule has 7 nitrogen and oxygen atoms in total. The van der Waals surface area contributed by atoms with Crippen molar-refractivity contribution in [3.63, 3.8) is 0 Å². The summed E-state index contributed by atoms with van der Waals surface area (Å²) in [5.41, 5.74) is 0. The van der Waals surface area contributed by atoms with Crippen molar-refractivity contribution in [2.75, 3.05) is 33.2 Å². The summed E-state index contributed by atoms with van der Waals surface area (Å²) in [6, 6.07) is 0. The first kappa shape index (κ1) is 20.1. The molecule has 0 bridgehead atoms. The van der Waals surface area contributed by atoms with Crippen LogP contribution in [0.15, 0.2) is 11.3 Å². The Balaban J connectivity index is 0.00000264. The van der Waals surface area contributed by atoms with Gasteiger partial charge < -0.3 is 15.5 Å². The number of nitrogens with one attached hydrogen (secondary N) is 2. The summed E-state index contributed by atoms with van der Waals surface area (Å²) in [5, 5.41) is 10.7. The Morgan fingerprint density at radius 1 is 1.30 bits per heavy atom. The molecule has 1 aromatic rings. The molecular formula is C15H30IN7. The van der Waals surface area contributed by atoms with Crippen molar-refractivity contribution in [2.24, 2.45) is 18.0 Å². The molecule has 1 aliphatic heterocycles. The summed E-state index contributed by atoms with van der Waals surface area (Å²) in [6.07, 6.45) is 5.65. The van der Waals surface area contributed by atoms with Gasteiger partial charge in [0.05, 0.1) is 6.54 Å². The first-order valence-electron chi connectivity index (χ1n) is 8.18. The van der Waals surface area contributed by atoms with Crippen molar-refractivity contribution in [1.82, 2.24) is 30.3 Å². The number of piperidine rings is 1. The van der Waals surface area contributed by atoms with Crippen LogP contribution in [0.3, 0.4) is 0 Å². The van der Waals surface area contributed by atoms with Gasteiger partial charge in [0.25, 0.3) is 0 Å². The van der Waals surface area contributed by atoms with Gasteiger partial charge in [-0.25, -0.2) is 4.98 Å². The Kier molecular flexibility index (Phi) is 9.46. The van der Waals surface area contributed by atoms with Gasteiger partial charge in [-0.3, -0.25) is 9.67 Å². The molecule has 1 unspecified atom stereocenters. The smallest absolute Gasteiger partial charge is 0.191 e. The van der Waals surface area contributed by atoms with Crippen molar-refractivity contribution in [1.29, 1.82) is 0 Å². The van der Waals surface area contributed by atoms with Crippen LogP contribution in [0.25, 0.3) is 0 Å². The number of likely N-dealkylation sites (tertiary alicyclic amines) is 1. The van der Waals surface area contributed by atoms with E-state index >= 15 is 0 Å². The first-order valence-corrected chi connectivity index (χ1v) is 8.18. The lowest BCUT2D eigenvalue weighted by Gasteiger charge is -2.29. The Bertz CT molecular complexity index is 468. The molecule has 1 aromatic heterocycles. The van der Waals surface area contributed by atoms with E-state index in [9.17, 15) is 0 Å². The molecule has 2 rings (SSSR count). The van der Waals surface area contributed by atoms with Crippen LogP contribution in [0, 0.1) is 5.92 Å². The predicted octanol–water partition coefficient (Wildman–Crippen LogP) is 1.22. The molecule has 1 aliphatic rings. The van der Waals surface area contributed by atoms with Crippen molar-refractivity contribution < 1.29 is 0 Å². The van der Waals surface area contributed by atoms with Crippen LogP contribution in [0.1, 0.15) is 32.0 Å². The lowest BCUT2D eigenvalue weighted by Crippen LogP contribution is -2.42. The van der Waals surface area contributed by atoms with Crippen LogP contribution >= 0.6 is 24.0 Å². The van der Waals surface area contributed by atoms with Crippen LogP contribution < -0.4 is 10.6 Å². The fraction of sp³-hybridized carbons (Fsp3) is 0.800. The van der Waals surface area contributed by atoms with Crippen molar-refractivity contribution in [2.45, 2.75) is 32.7 Å². The van der Waals surface area contributed by atoms with Gasteiger partial charge in [-0.2, -0.15) is 5.10 Å². The Hall–Kier alpha value is -0.900. The third kappa shape index (κ3) is 7.03. The van der Waals surface area contributed by atoms with Crippen LogP contribution in [0.5, 0.6) is 0 Å². The normalized spacial score (nSPS) is 17.4. The maximum absolute atomic E-state index is 4.26. The maximum atomic E-state index is 4.26. The zero-order chi connectivity index (χ0) is 15.8. The van der Waals surface area contributed by atoms with E-state index in [4.69, 9.17) is 0 Å². The summed E-state index contributed by atoms with van der Waals surface area (Å²) in [6.45, 7) is 7.50. The van der Waals surface area contributed by atoms with Crippen LogP contribution in [0.2, 0.25) is 0 Å². The van der Waals surface area contributed by atoms with Crippen molar-refractivity contribution in [3.05, 3.63) is 12.2 Å². The van der Waals surface area contributed by atoms with E-state index in [-0.39, 0.29) is 24.0 Å². The van der Waals surface area contributed by atoms with E-state index in [0.29, 0.717) is 12.5 Å². The zero-order valence-corrected chi connectivity index (χ0v) is 16.8. The van der Waals surface area contributed by atoms with Crippen molar-refractivity contribution >= 4 is 29.9 Å². The number of halogens is 1. The number of aliphatic imine (C=N–C) groups is 1. The minimum atomic E-state index is 0. The quantitative estimate of drug-likeness (QED) is 0.400. The molecule has 0 radical (unpaired) electrons.